The minimum atomic E-state index is -3.18. The predicted octanol–water partition coefficient (Wildman–Crippen LogP) is 0.926. The van der Waals surface area contributed by atoms with Gasteiger partial charge in [-0.1, -0.05) is 0 Å². The highest BCUT2D eigenvalue weighted by atomic mass is 19.3. The average Bonchev–Trinajstić information content (AvgIpc) is 2.07. The molecule has 76 valence electrons. The van der Waals surface area contributed by atoms with Crippen LogP contribution in [0.25, 0.3) is 0 Å². The average molecular weight is 206 g/mol. The monoisotopic (exact) mass is 206 g/mol. The molecule has 1 heterocycles. The van der Waals surface area contributed by atoms with Crippen molar-refractivity contribution < 1.29 is 18.8 Å². The van der Waals surface area contributed by atoms with E-state index in [0.29, 0.717) is 6.07 Å². The molecular weight excluding hydrogens is 202 g/mol. The van der Waals surface area contributed by atoms with Gasteiger partial charge in [-0.05, 0) is 0 Å². The van der Waals surface area contributed by atoms with Crippen molar-refractivity contribution in [3.05, 3.63) is 32.2 Å². The molecule has 14 heavy (non-hydrogen) atoms. The van der Waals surface area contributed by atoms with Crippen molar-refractivity contribution in [2.24, 2.45) is 0 Å². The number of H-pyrrole nitrogens is 1. The van der Waals surface area contributed by atoms with Gasteiger partial charge in [-0.25, -0.2) is 8.78 Å². The Labute approximate surface area is 75.0 Å². The number of aromatic nitrogens is 1. The number of hydrogen-bond donors (Lipinski definition) is 2. The van der Waals surface area contributed by atoms with Gasteiger partial charge in [-0.15, -0.1) is 0 Å². The van der Waals surface area contributed by atoms with Gasteiger partial charge in [0.1, 0.15) is 5.69 Å². The van der Waals surface area contributed by atoms with Crippen molar-refractivity contribution in [1.29, 1.82) is 0 Å². The molecule has 0 bridgehead atoms. The SMILES string of the molecule is O=c1cc([N+](=O)[O-])c(O)c(C(F)F)[nH]1. The lowest BCUT2D eigenvalue weighted by molar-refractivity contribution is -0.386. The third kappa shape index (κ3) is 1.68. The predicted molar refractivity (Wildman–Crippen MR) is 40.3 cm³/mol. The van der Waals surface area contributed by atoms with Gasteiger partial charge in [0.25, 0.3) is 12.0 Å². The molecule has 0 fully saturated rings. The number of rotatable bonds is 2. The minimum Gasteiger partial charge on any atom is -0.501 e. The van der Waals surface area contributed by atoms with Crippen LogP contribution in [0.1, 0.15) is 12.1 Å². The van der Waals surface area contributed by atoms with E-state index in [1.807, 2.05) is 0 Å². The first kappa shape index (κ1) is 10.1. The summed E-state index contributed by atoms with van der Waals surface area (Å²) in [5.74, 6) is -1.22. The van der Waals surface area contributed by atoms with E-state index in [2.05, 4.69) is 0 Å². The number of hydrogen-bond acceptors (Lipinski definition) is 4. The second-order valence-electron chi connectivity index (χ2n) is 2.34. The van der Waals surface area contributed by atoms with E-state index in [-0.39, 0.29) is 0 Å². The van der Waals surface area contributed by atoms with E-state index >= 15 is 0 Å². The maximum absolute atomic E-state index is 12.1. The summed E-state index contributed by atoms with van der Waals surface area (Å²) in [5.41, 5.74) is -3.25. The fourth-order valence-corrected chi connectivity index (χ4v) is 0.856. The molecule has 8 heteroatoms. The van der Waals surface area contributed by atoms with E-state index in [4.69, 9.17) is 5.11 Å². The molecule has 0 unspecified atom stereocenters. The molecule has 0 radical (unpaired) electrons. The van der Waals surface area contributed by atoms with Crippen LogP contribution in [0.3, 0.4) is 0 Å². The summed E-state index contributed by atoms with van der Waals surface area (Å²) in [6.45, 7) is 0. The summed E-state index contributed by atoms with van der Waals surface area (Å²) in [7, 11) is 0. The quantitative estimate of drug-likeness (QED) is 0.555. The van der Waals surface area contributed by atoms with Crippen molar-refractivity contribution >= 4 is 5.69 Å². The number of pyridine rings is 1. The summed E-state index contributed by atoms with van der Waals surface area (Å²) in [4.78, 5) is 21.4. The molecule has 0 spiro atoms. The molecule has 0 saturated carbocycles. The molecule has 1 rings (SSSR count). The lowest BCUT2D eigenvalue weighted by atomic mass is 10.3. The van der Waals surface area contributed by atoms with E-state index in [1.54, 1.807) is 4.98 Å². The lowest BCUT2D eigenvalue weighted by Crippen LogP contribution is -2.10. The molecule has 6 nitrogen and oxygen atoms in total. The minimum absolute atomic E-state index is 0.432. The molecule has 1 aromatic heterocycles. The molecule has 2 N–H and O–H groups in total. The Morgan fingerprint density at radius 3 is 2.57 bits per heavy atom. The zero-order chi connectivity index (χ0) is 10.9. The molecule has 0 aliphatic heterocycles. The van der Waals surface area contributed by atoms with Crippen molar-refractivity contribution in [2.75, 3.05) is 0 Å². The molecule has 0 saturated heterocycles. The maximum atomic E-state index is 12.1. The number of alkyl halides is 2. The Kier molecular flexibility index (Phi) is 2.45. The number of aromatic hydroxyl groups is 1. The number of aromatic amines is 1. The standard InChI is InChI=1S/C6H4F2N2O4/c7-6(8)4-5(12)2(10(13)14)1-3(11)9-4/h1,6,12H,(H,9,11). The van der Waals surface area contributed by atoms with Gasteiger partial charge in [0, 0.05) is 0 Å². The van der Waals surface area contributed by atoms with Gasteiger partial charge < -0.3 is 10.1 Å². The Balaban J connectivity index is 3.48. The molecule has 0 aliphatic rings. The van der Waals surface area contributed by atoms with E-state index in [0.717, 1.165) is 0 Å². The summed E-state index contributed by atoms with van der Waals surface area (Å²) < 4.78 is 24.2. The first-order valence-corrected chi connectivity index (χ1v) is 3.32. The summed E-state index contributed by atoms with van der Waals surface area (Å²) in [6.07, 6.45) is -3.18. The van der Waals surface area contributed by atoms with E-state index < -0.39 is 34.0 Å². The lowest BCUT2D eigenvalue weighted by Gasteiger charge is -2.02. The normalized spacial score (nSPS) is 10.5. The van der Waals surface area contributed by atoms with E-state index in [1.165, 1.54) is 0 Å². The van der Waals surface area contributed by atoms with Crippen LogP contribution in [0.5, 0.6) is 5.75 Å². The zero-order valence-corrected chi connectivity index (χ0v) is 6.53. The highest BCUT2D eigenvalue weighted by molar-refractivity contribution is 5.47. The van der Waals surface area contributed by atoms with Gasteiger partial charge in [-0.2, -0.15) is 0 Å². The maximum Gasteiger partial charge on any atom is 0.318 e. The van der Waals surface area contributed by atoms with Crippen molar-refractivity contribution in [1.82, 2.24) is 4.98 Å². The Morgan fingerprint density at radius 1 is 1.57 bits per heavy atom. The third-order valence-electron chi connectivity index (χ3n) is 1.44. The van der Waals surface area contributed by atoms with Crippen molar-refractivity contribution in [2.45, 2.75) is 6.43 Å². The van der Waals surface area contributed by atoms with Crippen LogP contribution in [0, 0.1) is 10.1 Å². The zero-order valence-electron chi connectivity index (χ0n) is 6.53. The number of nitrogens with one attached hydrogen (secondary N) is 1. The molecule has 0 atom stereocenters. The summed E-state index contributed by atoms with van der Waals surface area (Å²) >= 11 is 0. The van der Waals surface area contributed by atoms with Crippen LogP contribution < -0.4 is 5.56 Å². The third-order valence-corrected chi connectivity index (χ3v) is 1.44. The summed E-state index contributed by atoms with van der Waals surface area (Å²) in [5, 5.41) is 19.2. The van der Waals surface area contributed by atoms with Gasteiger partial charge in [0.15, 0.2) is 0 Å². The van der Waals surface area contributed by atoms with Crippen LogP contribution in [-0.4, -0.2) is 15.0 Å². The van der Waals surface area contributed by atoms with E-state index in [9.17, 15) is 23.7 Å². The van der Waals surface area contributed by atoms with Crippen LogP contribution in [0.2, 0.25) is 0 Å². The fraction of sp³-hybridized carbons (Fsp3) is 0.167. The highest BCUT2D eigenvalue weighted by Crippen LogP contribution is 2.32. The second-order valence-corrected chi connectivity index (χ2v) is 2.34. The topological polar surface area (TPSA) is 96.2 Å². The van der Waals surface area contributed by atoms with Crippen molar-refractivity contribution in [3.8, 4) is 5.75 Å². The van der Waals surface area contributed by atoms with Crippen LogP contribution in [-0.2, 0) is 0 Å². The number of halogens is 2. The molecular formula is C6H4F2N2O4. The van der Waals surface area contributed by atoms with Crippen molar-refractivity contribution in [3.63, 3.8) is 0 Å². The second kappa shape index (κ2) is 3.40. The molecule has 0 aromatic carbocycles. The van der Waals surface area contributed by atoms with Gasteiger partial charge in [-0.3, -0.25) is 14.9 Å². The Hall–Kier alpha value is -1.99. The molecule has 1 aromatic rings. The van der Waals surface area contributed by atoms with Gasteiger partial charge >= 0.3 is 5.69 Å². The van der Waals surface area contributed by atoms with Gasteiger partial charge in [0.2, 0.25) is 5.75 Å². The Bertz CT molecular complexity index is 428. The molecule has 0 amide bonds. The summed E-state index contributed by atoms with van der Waals surface area (Å²) in [6, 6.07) is 0.432. The van der Waals surface area contributed by atoms with Crippen LogP contribution >= 0.6 is 0 Å². The molecule has 0 aliphatic carbocycles. The number of nitrogens with zero attached hydrogens (tertiary/aromatic N) is 1. The van der Waals surface area contributed by atoms with Crippen LogP contribution in [0.15, 0.2) is 10.9 Å². The smallest absolute Gasteiger partial charge is 0.318 e. The first-order chi connectivity index (χ1) is 6.43. The largest absolute Gasteiger partial charge is 0.501 e. The Morgan fingerprint density at radius 2 is 2.14 bits per heavy atom. The number of nitro groups is 1. The fourth-order valence-electron chi connectivity index (χ4n) is 0.856. The first-order valence-electron chi connectivity index (χ1n) is 3.32. The van der Waals surface area contributed by atoms with Gasteiger partial charge in [0.05, 0.1) is 11.0 Å². The van der Waals surface area contributed by atoms with Crippen LogP contribution in [0.4, 0.5) is 14.5 Å². The highest BCUT2D eigenvalue weighted by Gasteiger charge is 2.24.